The van der Waals surface area contributed by atoms with Gasteiger partial charge in [-0.2, -0.15) is 0 Å². The standard InChI is InChI=1S/C12H18ClN3O/c1-8(12(17)15-2)7-16(3)11-9(13)5-4-6-10(11)14/h4-6,8H,7,14H2,1-3H3,(H,15,17). The van der Waals surface area contributed by atoms with E-state index in [2.05, 4.69) is 5.32 Å². The summed E-state index contributed by atoms with van der Waals surface area (Å²) in [4.78, 5) is 13.3. The number of carbonyl (C=O) groups excluding carboxylic acids is 1. The Morgan fingerprint density at radius 2 is 2.24 bits per heavy atom. The van der Waals surface area contributed by atoms with Crippen LogP contribution in [0.3, 0.4) is 0 Å². The molecule has 0 aliphatic rings. The van der Waals surface area contributed by atoms with E-state index >= 15 is 0 Å². The minimum Gasteiger partial charge on any atom is -0.397 e. The molecule has 1 rings (SSSR count). The van der Waals surface area contributed by atoms with E-state index in [-0.39, 0.29) is 11.8 Å². The van der Waals surface area contributed by atoms with Gasteiger partial charge in [0.1, 0.15) is 0 Å². The fraction of sp³-hybridized carbons (Fsp3) is 0.417. The van der Waals surface area contributed by atoms with Crippen molar-refractivity contribution in [3.63, 3.8) is 0 Å². The lowest BCUT2D eigenvalue weighted by Gasteiger charge is -2.24. The molecule has 0 radical (unpaired) electrons. The number of nitrogens with zero attached hydrogens (tertiary/aromatic N) is 1. The Morgan fingerprint density at radius 3 is 2.76 bits per heavy atom. The summed E-state index contributed by atoms with van der Waals surface area (Å²) in [7, 11) is 3.50. The number of halogens is 1. The first kappa shape index (κ1) is 13.6. The first-order valence-electron chi connectivity index (χ1n) is 5.44. The van der Waals surface area contributed by atoms with Gasteiger partial charge in [-0.15, -0.1) is 0 Å². The molecule has 1 amide bonds. The van der Waals surface area contributed by atoms with Gasteiger partial charge in [0.25, 0.3) is 0 Å². The second kappa shape index (κ2) is 5.77. The molecule has 0 bridgehead atoms. The Bertz CT molecular complexity index is 388. The molecule has 5 heteroatoms. The van der Waals surface area contributed by atoms with Crippen LogP contribution in [0.2, 0.25) is 5.02 Å². The third-order valence-corrected chi connectivity index (χ3v) is 2.95. The zero-order valence-electron chi connectivity index (χ0n) is 10.3. The quantitative estimate of drug-likeness (QED) is 0.806. The summed E-state index contributed by atoms with van der Waals surface area (Å²) >= 11 is 6.10. The highest BCUT2D eigenvalue weighted by Crippen LogP contribution is 2.31. The van der Waals surface area contributed by atoms with Crippen LogP contribution in [-0.2, 0) is 4.79 Å². The molecule has 0 aromatic heterocycles. The van der Waals surface area contributed by atoms with Crippen molar-refractivity contribution < 1.29 is 4.79 Å². The number of nitrogens with two attached hydrogens (primary N) is 1. The number of hydrogen-bond acceptors (Lipinski definition) is 3. The third-order valence-electron chi connectivity index (χ3n) is 2.64. The van der Waals surface area contributed by atoms with Crippen molar-refractivity contribution in [1.29, 1.82) is 0 Å². The molecule has 17 heavy (non-hydrogen) atoms. The highest BCUT2D eigenvalue weighted by molar-refractivity contribution is 6.33. The lowest BCUT2D eigenvalue weighted by Crippen LogP contribution is -2.34. The van der Waals surface area contributed by atoms with Crippen LogP contribution in [0.25, 0.3) is 0 Å². The van der Waals surface area contributed by atoms with E-state index in [0.717, 1.165) is 5.69 Å². The van der Waals surface area contributed by atoms with Crippen LogP contribution in [-0.4, -0.2) is 26.5 Å². The molecule has 94 valence electrons. The van der Waals surface area contributed by atoms with Gasteiger partial charge in [-0.1, -0.05) is 24.6 Å². The number of rotatable bonds is 4. The van der Waals surface area contributed by atoms with Crippen molar-refractivity contribution in [3.8, 4) is 0 Å². The molecule has 1 aromatic carbocycles. The second-order valence-corrected chi connectivity index (χ2v) is 4.48. The fourth-order valence-electron chi connectivity index (χ4n) is 1.77. The number of nitrogens with one attached hydrogen (secondary N) is 1. The summed E-state index contributed by atoms with van der Waals surface area (Å²) < 4.78 is 0. The molecule has 0 heterocycles. The van der Waals surface area contributed by atoms with Crippen molar-refractivity contribution in [2.45, 2.75) is 6.92 Å². The van der Waals surface area contributed by atoms with Gasteiger partial charge in [0, 0.05) is 20.6 Å². The number of carbonyl (C=O) groups is 1. The van der Waals surface area contributed by atoms with Crippen LogP contribution >= 0.6 is 11.6 Å². The Hall–Kier alpha value is -1.42. The van der Waals surface area contributed by atoms with Gasteiger partial charge < -0.3 is 16.0 Å². The van der Waals surface area contributed by atoms with E-state index < -0.39 is 0 Å². The lowest BCUT2D eigenvalue weighted by molar-refractivity contribution is -0.123. The first-order valence-corrected chi connectivity index (χ1v) is 5.82. The summed E-state index contributed by atoms with van der Waals surface area (Å²) in [5.41, 5.74) is 7.26. The number of hydrogen-bond donors (Lipinski definition) is 2. The molecular formula is C12H18ClN3O. The Kier molecular flexibility index (Phi) is 4.63. The number of nitrogen functional groups attached to an aromatic ring is 1. The molecule has 0 aliphatic heterocycles. The smallest absolute Gasteiger partial charge is 0.224 e. The predicted molar refractivity (Wildman–Crippen MR) is 72.4 cm³/mol. The number of para-hydroxylation sites is 1. The number of amides is 1. The van der Waals surface area contributed by atoms with E-state index in [1.165, 1.54) is 0 Å². The fourth-order valence-corrected chi connectivity index (χ4v) is 2.09. The van der Waals surface area contributed by atoms with Crippen LogP contribution < -0.4 is 16.0 Å². The van der Waals surface area contributed by atoms with Crippen molar-refractivity contribution in [2.24, 2.45) is 5.92 Å². The summed E-state index contributed by atoms with van der Waals surface area (Å²) in [6.45, 7) is 2.43. The number of benzene rings is 1. The molecule has 0 aliphatic carbocycles. The maximum atomic E-state index is 11.4. The summed E-state index contributed by atoms with van der Waals surface area (Å²) in [6, 6.07) is 5.38. The molecule has 0 saturated carbocycles. The van der Waals surface area contributed by atoms with E-state index in [0.29, 0.717) is 17.3 Å². The minimum absolute atomic E-state index is 0.00229. The van der Waals surface area contributed by atoms with Gasteiger partial charge in [0.05, 0.1) is 22.3 Å². The third kappa shape index (κ3) is 3.27. The van der Waals surface area contributed by atoms with E-state index in [9.17, 15) is 4.79 Å². The van der Waals surface area contributed by atoms with Crippen molar-refractivity contribution in [3.05, 3.63) is 23.2 Å². The van der Waals surface area contributed by atoms with Crippen LogP contribution in [0, 0.1) is 5.92 Å². The monoisotopic (exact) mass is 255 g/mol. The molecule has 4 nitrogen and oxygen atoms in total. The molecular weight excluding hydrogens is 238 g/mol. The van der Waals surface area contributed by atoms with Gasteiger partial charge in [-0.05, 0) is 12.1 Å². The van der Waals surface area contributed by atoms with Gasteiger partial charge in [-0.25, -0.2) is 0 Å². The number of anilines is 2. The molecule has 1 aromatic rings. The van der Waals surface area contributed by atoms with Crippen molar-refractivity contribution in [1.82, 2.24) is 5.32 Å². The Balaban J connectivity index is 2.83. The average molecular weight is 256 g/mol. The van der Waals surface area contributed by atoms with Gasteiger partial charge >= 0.3 is 0 Å². The zero-order chi connectivity index (χ0) is 13.0. The van der Waals surface area contributed by atoms with Crippen LogP contribution in [0.1, 0.15) is 6.92 Å². The van der Waals surface area contributed by atoms with E-state index in [1.54, 1.807) is 25.2 Å². The highest BCUT2D eigenvalue weighted by atomic mass is 35.5. The van der Waals surface area contributed by atoms with Gasteiger partial charge in [-0.3, -0.25) is 4.79 Å². The summed E-state index contributed by atoms with van der Waals surface area (Å²) in [5.74, 6) is -0.122. The molecule has 1 unspecified atom stereocenters. The van der Waals surface area contributed by atoms with Crippen molar-refractivity contribution >= 4 is 28.9 Å². The highest BCUT2D eigenvalue weighted by Gasteiger charge is 2.16. The van der Waals surface area contributed by atoms with E-state index in [4.69, 9.17) is 17.3 Å². The van der Waals surface area contributed by atoms with E-state index in [1.807, 2.05) is 18.9 Å². The molecule has 1 atom stereocenters. The van der Waals surface area contributed by atoms with Gasteiger partial charge in [0.2, 0.25) is 5.91 Å². The van der Waals surface area contributed by atoms with Crippen molar-refractivity contribution in [2.75, 3.05) is 31.3 Å². The Labute approximate surface area is 107 Å². The average Bonchev–Trinajstić information content (AvgIpc) is 2.27. The maximum Gasteiger partial charge on any atom is 0.224 e. The van der Waals surface area contributed by atoms with Crippen LogP contribution in [0.5, 0.6) is 0 Å². The largest absolute Gasteiger partial charge is 0.397 e. The Morgan fingerprint density at radius 1 is 1.59 bits per heavy atom. The van der Waals surface area contributed by atoms with Crippen LogP contribution in [0.4, 0.5) is 11.4 Å². The first-order chi connectivity index (χ1) is 7.97. The molecule has 0 spiro atoms. The summed E-state index contributed by atoms with van der Waals surface area (Å²) in [5, 5.41) is 3.22. The topological polar surface area (TPSA) is 58.4 Å². The minimum atomic E-state index is -0.124. The van der Waals surface area contributed by atoms with Crippen LogP contribution in [0.15, 0.2) is 18.2 Å². The SMILES string of the molecule is CNC(=O)C(C)CN(C)c1c(N)cccc1Cl. The lowest BCUT2D eigenvalue weighted by atomic mass is 10.1. The maximum absolute atomic E-state index is 11.4. The second-order valence-electron chi connectivity index (χ2n) is 4.07. The predicted octanol–water partition coefficient (Wildman–Crippen LogP) is 1.74. The van der Waals surface area contributed by atoms with Gasteiger partial charge in [0.15, 0.2) is 0 Å². The normalized spacial score (nSPS) is 12.0. The zero-order valence-corrected chi connectivity index (χ0v) is 11.1. The molecule has 0 fully saturated rings. The molecule has 3 N–H and O–H groups in total. The summed E-state index contributed by atoms with van der Waals surface area (Å²) in [6.07, 6.45) is 0. The molecule has 0 saturated heterocycles.